The maximum absolute atomic E-state index is 11.9. The molecule has 8 N–H and O–H groups in total. The molecule has 308 valence electrons. The van der Waals surface area contributed by atoms with Gasteiger partial charge in [0.15, 0.2) is 12.6 Å². The summed E-state index contributed by atoms with van der Waals surface area (Å²) in [5.41, 5.74) is -2.18. The molecule has 8 unspecified atom stereocenters. The maximum atomic E-state index is 11.9. The quantitative estimate of drug-likeness (QED) is 0.143. The van der Waals surface area contributed by atoms with Gasteiger partial charge in [0.05, 0.1) is 37.1 Å². The summed E-state index contributed by atoms with van der Waals surface area (Å²) in [4.78, 5) is 0. The predicted molar refractivity (Wildman–Crippen MR) is 192 cm³/mol. The number of hydrogen-bond donors (Lipinski definition) is 8. The molecule has 0 aromatic heterocycles. The average molecular weight is 767 g/mol. The van der Waals surface area contributed by atoms with Crippen LogP contribution in [0.5, 0.6) is 0 Å². The van der Waals surface area contributed by atoms with E-state index in [1.54, 1.807) is 0 Å². The van der Waals surface area contributed by atoms with Crippen LogP contribution in [0.1, 0.15) is 99.8 Å². The number of hydrogen-bond acceptors (Lipinski definition) is 13. The molecule has 2 bridgehead atoms. The highest BCUT2D eigenvalue weighted by Crippen LogP contribution is 2.80. The lowest BCUT2D eigenvalue weighted by Gasteiger charge is -2.82. The Hall–Kier alpha value is -0.780. The Kier molecular flexibility index (Phi) is 9.53. The van der Waals surface area contributed by atoms with Gasteiger partial charge < -0.3 is 64.5 Å². The van der Waals surface area contributed by atoms with Crippen molar-refractivity contribution in [3.63, 3.8) is 0 Å². The zero-order valence-corrected chi connectivity index (χ0v) is 33.0. The minimum absolute atomic E-state index is 0.0184. The van der Waals surface area contributed by atoms with Gasteiger partial charge in [0.2, 0.25) is 0 Å². The normalized spacial score (nSPS) is 60.3. The molecule has 0 radical (unpaired) electrons. The van der Waals surface area contributed by atoms with Crippen molar-refractivity contribution in [2.45, 2.75) is 185 Å². The number of rotatable bonds is 6. The highest BCUT2D eigenvalue weighted by Gasteiger charge is 2.83. The van der Waals surface area contributed by atoms with E-state index in [0.29, 0.717) is 12.8 Å². The molecule has 4 aliphatic carbocycles. The number of aliphatic hydroxyl groups excluding tert-OH is 8. The van der Waals surface area contributed by atoms with Crippen LogP contribution in [-0.2, 0) is 23.7 Å². The summed E-state index contributed by atoms with van der Waals surface area (Å²) in [7, 11) is 0. The van der Waals surface area contributed by atoms with Gasteiger partial charge in [0.25, 0.3) is 0 Å². The molecule has 4 saturated heterocycles. The summed E-state index contributed by atoms with van der Waals surface area (Å²) in [6.07, 6.45) is -3.82. The number of fused-ring (bicyclic) bond motifs is 4. The fourth-order valence-electron chi connectivity index (χ4n) is 14.0. The van der Waals surface area contributed by atoms with Crippen LogP contribution >= 0.6 is 0 Å². The van der Waals surface area contributed by atoms with E-state index in [0.717, 1.165) is 38.5 Å². The third-order valence-corrected chi connectivity index (χ3v) is 17.4. The zero-order valence-electron chi connectivity index (χ0n) is 33.0. The van der Waals surface area contributed by atoms with Gasteiger partial charge in [0, 0.05) is 16.7 Å². The first-order valence-corrected chi connectivity index (χ1v) is 20.5. The smallest absolute Gasteiger partial charge is 0.187 e. The standard InChI is InChI=1S/C41H66O13/c1-20-27(45)29(47)30(48)33(50-20)53-32-28(46)21(18-42)51-34(31(32)49)52-26-10-11-36(4)22(37(26,5)19-43)8-12-38(6)23(36)9-13-41-24-16-35(2,3)14-15-40(24,54-41)25(44)17-39(38,41)7/h9,13,20-34,42-49H,8,10-12,14-19H2,1-7H3/t20-,21-,22?,23?,24?,25+,26+,27-,28+,29+,30-,31-,32+,33+,34+,36?,37+,38?,39?,40?,41?/m1/s1. The molecule has 4 aliphatic heterocycles. The van der Waals surface area contributed by atoms with Crippen LogP contribution in [0.3, 0.4) is 0 Å². The van der Waals surface area contributed by atoms with E-state index in [2.05, 4.69) is 46.8 Å². The topological polar surface area (TPSA) is 208 Å². The van der Waals surface area contributed by atoms with Crippen molar-refractivity contribution in [2.75, 3.05) is 13.2 Å². The largest absolute Gasteiger partial charge is 0.396 e. The molecule has 4 heterocycles. The second-order valence-electron chi connectivity index (χ2n) is 20.5. The Labute approximate surface area is 319 Å². The molecular formula is C41H66O13. The van der Waals surface area contributed by atoms with Crippen molar-refractivity contribution in [3.05, 3.63) is 12.2 Å². The molecule has 13 nitrogen and oxygen atoms in total. The van der Waals surface area contributed by atoms with Crippen molar-refractivity contribution in [1.29, 1.82) is 0 Å². The lowest BCUT2D eigenvalue weighted by Crippen LogP contribution is -2.86. The highest BCUT2D eigenvalue weighted by molar-refractivity contribution is 5.39. The van der Waals surface area contributed by atoms with E-state index in [1.807, 2.05) is 6.92 Å². The summed E-state index contributed by atoms with van der Waals surface area (Å²) in [6, 6.07) is 0. The molecule has 3 saturated carbocycles. The van der Waals surface area contributed by atoms with Crippen LogP contribution in [0.15, 0.2) is 12.2 Å². The van der Waals surface area contributed by atoms with Crippen LogP contribution in [0.2, 0.25) is 0 Å². The van der Waals surface area contributed by atoms with Gasteiger partial charge in [-0.15, -0.1) is 0 Å². The van der Waals surface area contributed by atoms with Gasteiger partial charge in [-0.05, 0) is 86.4 Å². The third kappa shape index (κ3) is 5.10. The minimum Gasteiger partial charge on any atom is -0.396 e. The Morgan fingerprint density at radius 3 is 2.11 bits per heavy atom. The Morgan fingerprint density at radius 1 is 0.722 bits per heavy atom. The molecule has 8 aliphatic rings. The van der Waals surface area contributed by atoms with E-state index in [4.69, 9.17) is 23.7 Å². The van der Waals surface area contributed by atoms with E-state index >= 15 is 0 Å². The van der Waals surface area contributed by atoms with Crippen molar-refractivity contribution in [2.24, 2.45) is 44.8 Å². The van der Waals surface area contributed by atoms with E-state index in [-0.39, 0.29) is 46.0 Å². The Bertz CT molecular complexity index is 1480. The Morgan fingerprint density at radius 2 is 1.43 bits per heavy atom. The van der Waals surface area contributed by atoms with E-state index in [9.17, 15) is 40.9 Å². The average Bonchev–Trinajstić information content (AvgIpc) is 3.11. The summed E-state index contributed by atoms with van der Waals surface area (Å²) in [5.74, 6) is 0.427. The first kappa shape index (κ1) is 40.0. The Balaban J connectivity index is 1.05. The summed E-state index contributed by atoms with van der Waals surface area (Å²) >= 11 is 0. The molecule has 0 amide bonds. The molecule has 0 aromatic rings. The van der Waals surface area contributed by atoms with Gasteiger partial charge in [-0.1, -0.05) is 53.7 Å². The molecule has 13 heteroatoms. The second-order valence-corrected chi connectivity index (χ2v) is 20.5. The number of allylic oxidation sites excluding steroid dienone is 1. The third-order valence-electron chi connectivity index (χ3n) is 17.4. The first-order valence-electron chi connectivity index (χ1n) is 20.5. The number of aliphatic hydroxyl groups is 8. The van der Waals surface area contributed by atoms with Crippen molar-refractivity contribution >= 4 is 0 Å². The van der Waals surface area contributed by atoms with Gasteiger partial charge >= 0.3 is 0 Å². The lowest BCUT2D eigenvalue weighted by molar-refractivity contribution is -0.444. The summed E-state index contributed by atoms with van der Waals surface area (Å²) < 4.78 is 31.1. The van der Waals surface area contributed by atoms with Gasteiger partial charge in [-0.25, -0.2) is 0 Å². The molecule has 21 atom stereocenters. The van der Waals surface area contributed by atoms with Crippen molar-refractivity contribution in [1.82, 2.24) is 0 Å². The fourth-order valence-corrected chi connectivity index (χ4v) is 14.0. The molecular weight excluding hydrogens is 700 g/mol. The van der Waals surface area contributed by atoms with E-state index < -0.39 is 96.8 Å². The highest BCUT2D eigenvalue weighted by atomic mass is 16.7. The van der Waals surface area contributed by atoms with E-state index in [1.165, 1.54) is 6.92 Å². The van der Waals surface area contributed by atoms with Crippen LogP contribution in [-0.4, -0.2) is 139 Å². The van der Waals surface area contributed by atoms with Crippen molar-refractivity contribution < 1.29 is 64.5 Å². The first-order chi connectivity index (χ1) is 25.2. The molecule has 2 spiro atoms. The molecule has 54 heavy (non-hydrogen) atoms. The fraction of sp³-hybridized carbons (Fsp3) is 0.951. The summed E-state index contributed by atoms with van der Waals surface area (Å²) in [6.45, 7) is 14.6. The van der Waals surface area contributed by atoms with Crippen LogP contribution in [0.4, 0.5) is 0 Å². The SMILES string of the molecule is C[C@H]1O[C@@H](O[C@H]2[C@@H](O)[C@@H](CO)O[C@@H](O[C@H]3CCC4(C)C5C=CC67OC8(CCC(C)(C)CC86)[C@@H](O)CC7(C)C5(C)CCC4[C@]3(C)CO)[C@@H]2O)[C@H](O)[C@@H](O)[C@@H]1O. The minimum atomic E-state index is -1.67. The molecule has 7 fully saturated rings. The molecule has 0 aromatic carbocycles. The van der Waals surface area contributed by atoms with Crippen molar-refractivity contribution in [3.8, 4) is 0 Å². The van der Waals surface area contributed by atoms with Crippen LogP contribution in [0.25, 0.3) is 0 Å². The van der Waals surface area contributed by atoms with Gasteiger partial charge in [0.1, 0.15) is 48.3 Å². The predicted octanol–water partition coefficient (Wildman–Crippen LogP) is 1.53. The molecule has 8 rings (SSSR count). The van der Waals surface area contributed by atoms with Crippen LogP contribution < -0.4 is 0 Å². The summed E-state index contributed by atoms with van der Waals surface area (Å²) in [5, 5.41) is 87.1. The maximum Gasteiger partial charge on any atom is 0.187 e. The zero-order chi connectivity index (χ0) is 39.2. The lowest BCUT2D eigenvalue weighted by atomic mass is 9.30. The second kappa shape index (κ2) is 12.9. The number of ether oxygens (including phenoxy) is 5. The van der Waals surface area contributed by atoms with Gasteiger partial charge in [-0.3, -0.25) is 0 Å². The van der Waals surface area contributed by atoms with Gasteiger partial charge in [-0.2, -0.15) is 0 Å². The monoisotopic (exact) mass is 766 g/mol. The van der Waals surface area contributed by atoms with Crippen LogP contribution in [0, 0.1) is 44.8 Å².